The molecule has 0 aliphatic heterocycles. The van der Waals surface area contributed by atoms with E-state index >= 15 is 0 Å². The molecule has 2 aromatic rings. The Morgan fingerprint density at radius 3 is 2.56 bits per heavy atom. The van der Waals surface area contributed by atoms with Gasteiger partial charge in [-0.05, 0) is 26.1 Å². The fraction of sp³-hybridized carbons (Fsp3) is 0.385. The lowest BCUT2D eigenvalue weighted by Gasteiger charge is -2.08. The van der Waals surface area contributed by atoms with Gasteiger partial charge in [0.1, 0.15) is 0 Å². The minimum atomic E-state index is -0.919. The molecule has 0 amide bonds. The van der Waals surface area contributed by atoms with Crippen molar-refractivity contribution in [3.63, 3.8) is 0 Å². The Kier molecular flexibility index (Phi) is 3.26. The molecule has 1 aromatic heterocycles. The summed E-state index contributed by atoms with van der Waals surface area (Å²) in [5.74, 6) is -2.04. The largest absolute Gasteiger partial charge is 0.504 e. The highest BCUT2D eigenvalue weighted by molar-refractivity contribution is 5.90. The van der Waals surface area contributed by atoms with Crippen LogP contribution in [0.15, 0.2) is 12.3 Å². The highest BCUT2D eigenvalue weighted by atomic mass is 19.1. The third-order valence-electron chi connectivity index (χ3n) is 3.03. The zero-order valence-corrected chi connectivity index (χ0v) is 10.7. The average Bonchev–Trinajstić information content (AvgIpc) is 2.61. The molecule has 18 heavy (non-hydrogen) atoms. The van der Waals surface area contributed by atoms with Crippen molar-refractivity contribution < 1.29 is 13.9 Å². The molecule has 0 saturated heterocycles. The Hall–Kier alpha value is -1.62. The second kappa shape index (κ2) is 4.57. The van der Waals surface area contributed by atoms with E-state index < -0.39 is 17.4 Å². The number of nitrogens with zero attached hydrogens (tertiary/aromatic N) is 2. The van der Waals surface area contributed by atoms with Crippen LogP contribution < -0.4 is 0 Å². The van der Waals surface area contributed by atoms with Crippen LogP contribution in [0.2, 0.25) is 0 Å². The summed E-state index contributed by atoms with van der Waals surface area (Å²) in [6.45, 7) is 0.747. The van der Waals surface area contributed by atoms with E-state index in [9.17, 15) is 13.9 Å². The maximum absolute atomic E-state index is 13.7. The smallest absolute Gasteiger partial charge is 0.168 e. The zero-order chi connectivity index (χ0) is 13.4. The third-order valence-corrected chi connectivity index (χ3v) is 3.03. The van der Waals surface area contributed by atoms with Crippen molar-refractivity contribution in [2.45, 2.75) is 6.42 Å². The summed E-state index contributed by atoms with van der Waals surface area (Å²) in [5.41, 5.74) is 0.986. The van der Waals surface area contributed by atoms with E-state index in [-0.39, 0.29) is 10.9 Å². The molecule has 5 heteroatoms. The van der Waals surface area contributed by atoms with Gasteiger partial charge in [-0.3, -0.25) is 0 Å². The minimum Gasteiger partial charge on any atom is -0.504 e. The van der Waals surface area contributed by atoms with Crippen molar-refractivity contribution in [3.8, 4) is 5.75 Å². The number of hydrogen-bond donors (Lipinski definition) is 1. The molecule has 1 N–H and O–H groups in total. The lowest BCUT2D eigenvalue weighted by molar-refractivity contribution is 0.413. The van der Waals surface area contributed by atoms with Gasteiger partial charge in [-0.25, -0.2) is 8.78 Å². The molecule has 0 saturated carbocycles. The first-order chi connectivity index (χ1) is 8.41. The quantitative estimate of drug-likeness (QED) is 0.910. The van der Waals surface area contributed by atoms with E-state index in [0.29, 0.717) is 12.5 Å². The van der Waals surface area contributed by atoms with Crippen LogP contribution in [0.4, 0.5) is 8.78 Å². The lowest BCUT2D eigenvalue weighted by atomic mass is 10.1. The van der Waals surface area contributed by atoms with Gasteiger partial charge in [0.2, 0.25) is 0 Å². The molecule has 1 heterocycles. The van der Waals surface area contributed by atoms with Gasteiger partial charge in [0, 0.05) is 25.9 Å². The predicted octanol–water partition coefficient (Wildman–Crippen LogP) is 2.27. The van der Waals surface area contributed by atoms with Crippen LogP contribution >= 0.6 is 0 Å². The molecule has 0 bridgehead atoms. The molecule has 0 radical (unpaired) electrons. The van der Waals surface area contributed by atoms with Gasteiger partial charge in [-0.2, -0.15) is 0 Å². The Morgan fingerprint density at radius 2 is 1.94 bits per heavy atom. The van der Waals surface area contributed by atoms with Crippen LogP contribution in [0.5, 0.6) is 5.75 Å². The number of phenols is 1. The standard InChI is InChI=1S/C13H16F2N2O/c1-16(2)5-4-8-7-17(3)12-9(14)6-10(15)13(18)11(8)12/h6-7,18H,4-5H2,1-3H3. The van der Waals surface area contributed by atoms with E-state index in [1.165, 1.54) is 0 Å². The molecule has 0 atom stereocenters. The first-order valence-corrected chi connectivity index (χ1v) is 5.71. The molecule has 3 nitrogen and oxygen atoms in total. The predicted molar refractivity (Wildman–Crippen MR) is 66.8 cm³/mol. The number of rotatable bonds is 3. The molecule has 0 unspecified atom stereocenters. The summed E-state index contributed by atoms with van der Waals surface area (Å²) in [6, 6.07) is 0.716. The number of aromatic hydroxyl groups is 1. The Morgan fingerprint density at radius 1 is 1.28 bits per heavy atom. The minimum absolute atomic E-state index is 0.239. The Bertz CT molecular complexity index is 590. The average molecular weight is 254 g/mol. The van der Waals surface area contributed by atoms with Crippen LogP contribution in [0.1, 0.15) is 5.56 Å². The summed E-state index contributed by atoms with van der Waals surface area (Å²) in [4.78, 5) is 1.98. The highest BCUT2D eigenvalue weighted by Crippen LogP contribution is 2.34. The monoisotopic (exact) mass is 254 g/mol. The number of phenolic OH excluding ortho intramolecular Hbond substituents is 1. The van der Waals surface area contributed by atoms with E-state index in [2.05, 4.69) is 0 Å². The van der Waals surface area contributed by atoms with E-state index in [1.54, 1.807) is 17.8 Å². The number of likely N-dealkylation sites (N-methyl/N-ethyl adjacent to an activating group) is 1. The van der Waals surface area contributed by atoms with Crippen LogP contribution in [0, 0.1) is 11.6 Å². The number of aromatic nitrogens is 1. The molecule has 0 spiro atoms. The normalized spacial score (nSPS) is 11.7. The van der Waals surface area contributed by atoms with Gasteiger partial charge in [-0.1, -0.05) is 0 Å². The molecule has 0 aliphatic rings. The molecular formula is C13H16F2N2O. The van der Waals surface area contributed by atoms with Crippen LogP contribution in [0.3, 0.4) is 0 Å². The van der Waals surface area contributed by atoms with Crippen molar-refractivity contribution in [1.82, 2.24) is 9.47 Å². The summed E-state index contributed by atoms with van der Waals surface area (Å²) in [7, 11) is 5.53. The summed E-state index contributed by atoms with van der Waals surface area (Å²) < 4.78 is 28.7. The van der Waals surface area contributed by atoms with E-state index in [4.69, 9.17) is 0 Å². The van der Waals surface area contributed by atoms with E-state index in [0.717, 1.165) is 12.1 Å². The fourth-order valence-electron chi connectivity index (χ4n) is 2.14. The topological polar surface area (TPSA) is 28.4 Å². The maximum atomic E-state index is 13.7. The molecular weight excluding hydrogens is 238 g/mol. The summed E-state index contributed by atoms with van der Waals surface area (Å²) in [5, 5.41) is 10.0. The van der Waals surface area contributed by atoms with Crippen molar-refractivity contribution in [1.29, 1.82) is 0 Å². The Labute approximate surface area is 104 Å². The molecule has 0 fully saturated rings. The number of aryl methyl sites for hydroxylation is 1. The van der Waals surface area contributed by atoms with Gasteiger partial charge in [0.05, 0.1) is 10.9 Å². The van der Waals surface area contributed by atoms with E-state index in [1.807, 2.05) is 19.0 Å². The van der Waals surface area contributed by atoms with Crippen LogP contribution in [0.25, 0.3) is 10.9 Å². The van der Waals surface area contributed by atoms with Gasteiger partial charge >= 0.3 is 0 Å². The van der Waals surface area contributed by atoms with Crippen molar-refractivity contribution in [2.24, 2.45) is 7.05 Å². The molecule has 1 aromatic carbocycles. The fourth-order valence-corrected chi connectivity index (χ4v) is 2.14. The van der Waals surface area contributed by atoms with Gasteiger partial charge in [0.15, 0.2) is 17.4 Å². The van der Waals surface area contributed by atoms with Crippen LogP contribution in [-0.2, 0) is 13.5 Å². The molecule has 98 valence electrons. The van der Waals surface area contributed by atoms with Crippen molar-refractivity contribution in [3.05, 3.63) is 29.5 Å². The van der Waals surface area contributed by atoms with Gasteiger partial charge in [-0.15, -0.1) is 0 Å². The second-order valence-corrected chi connectivity index (χ2v) is 4.73. The summed E-state index contributed by atoms with van der Waals surface area (Å²) >= 11 is 0. The lowest BCUT2D eigenvalue weighted by Crippen LogP contribution is -2.14. The SMILES string of the molecule is CN(C)CCc1cn(C)c2c(F)cc(F)c(O)c12. The molecule has 2 rings (SSSR count). The first kappa shape index (κ1) is 12.8. The first-order valence-electron chi connectivity index (χ1n) is 5.71. The second-order valence-electron chi connectivity index (χ2n) is 4.73. The maximum Gasteiger partial charge on any atom is 0.168 e. The zero-order valence-electron chi connectivity index (χ0n) is 10.7. The highest BCUT2D eigenvalue weighted by Gasteiger charge is 2.18. The number of hydrogen-bond acceptors (Lipinski definition) is 2. The number of benzene rings is 1. The molecule has 0 aliphatic carbocycles. The van der Waals surface area contributed by atoms with Gasteiger partial charge in [0.25, 0.3) is 0 Å². The number of halogens is 2. The third kappa shape index (κ3) is 2.06. The van der Waals surface area contributed by atoms with Crippen molar-refractivity contribution >= 4 is 10.9 Å². The van der Waals surface area contributed by atoms with Crippen LogP contribution in [-0.4, -0.2) is 35.2 Å². The summed E-state index contributed by atoms with van der Waals surface area (Å²) in [6.07, 6.45) is 2.36. The van der Waals surface area contributed by atoms with Gasteiger partial charge < -0.3 is 14.6 Å². The van der Waals surface area contributed by atoms with Crippen molar-refractivity contribution in [2.75, 3.05) is 20.6 Å². The number of fused-ring (bicyclic) bond motifs is 1. The Balaban J connectivity index is 2.61.